The van der Waals surface area contributed by atoms with Crippen molar-refractivity contribution < 1.29 is 37.3 Å². The number of rotatable bonds is 61. The molecule has 0 aromatic heterocycles. The fraction of sp³-hybridized carbons (Fsp3) is 0.750. The lowest BCUT2D eigenvalue weighted by Gasteiger charge is -2.30. The summed E-state index contributed by atoms with van der Waals surface area (Å²) >= 11 is 0. The molecule has 0 saturated carbocycles. The van der Waals surface area contributed by atoms with Gasteiger partial charge in [0.25, 0.3) is 7.82 Å². The summed E-state index contributed by atoms with van der Waals surface area (Å²) in [5.74, 6) is -0.554. The number of unbranched alkanes of at least 4 members (excludes halogenated alkanes) is 31. The maximum absolute atomic E-state index is 13.6. The van der Waals surface area contributed by atoms with Gasteiger partial charge in [0.05, 0.1) is 33.8 Å². The van der Waals surface area contributed by atoms with Gasteiger partial charge in [-0.2, -0.15) is 0 Å². The highest BCUT2D eigenvalue weighted by atomic mass is 31.2. The number of phosphoric ester groups is 1. The standard InChI is InChI=1S/C72H129N2O7P/c1-7-10-13-16-19-22-25-28-30-32-33-34-35-36-37-38-39-40-41-43-44-46-49-52-55-58-61-64-71(75)73-69(68-80-82(77,78)79-67-66-74(4,5)6)70(63-60-57-54-51-48-27-24-21-18-15-12-9-3)81-72(76)65-62-59-56-53-50-47-45-42-31-29-26-23-20-17-14-11-8-2/h10,13,19,22,28-31,33-34,36-37,39-40,60,63,69-70H,7-9,11-12,14-18,20-21,23-27,32,35,38,41-59,61-62,64-68H2,1-6H3,(H-,73,75,77,78)/b13-10-,22-19-,30-28-,31-29+,34-33-,37-36-,40-39-,63-60-. The number of carbonyl (C=O) groups is 2. The molecule has 0 aliphatic carbocycles. The lowest BCUT2D eigenvalue weighted by Crippen LogP contribution is -2.47. The first kappa shape index (κ1) is 78.9. The van der Waals surface area contributed by atoms with Crippen LogP contribution in [0.2, 0.25) is 0 Å². The number of hydrogen-bond acceptors (Lipinski definition) is 7. The normalized spacial score (nSPS) is 14.2. The average Bonchev–Trinajstić information content (AvgIpc) is 3.47. The van der Waals surface area contributed by atoms with E-state index in [1.807, 2.05) is 33.3 Å². The van der Waals surface area contributed by atoms with Crippen LogP contribution in [0, 0.1) is 0 Å². The Balaban J connectivity index is 5.12. The number of quaternary nitrogens is 1. The summed E-state index contributed by atoms with van der Waals surface area (Å²) in [6.45, 7) is 6.73. The quantitative estimate of drug-likeness (QED) is 0.0212. The van der Waals surface area contributed by atoms with E-state index in [-0.39, 0.29) is 24.9 Å². The maximum Gasteiger partial charge on any atom is 0.306 e. The minimum atomic E-state index is -4.71. The van der Waals surface area contributed by atoms with E-state index >= 15 is 0 Å². The van der Waals surface area contributed by atoms with Crippen molar-refractivity contribution in [3.8, 4) is 0 Å². The van der Waals surface area contributed by atoms with E-state index in [0.717, 1.165) is 122 Å². The molecule has 3 unspecified atom stereocenters. The van der Waals surface area contributed by atoms with Crippen molar-refractivity contribution in [2.24, 2.45) is 0 Å². The number of likely N-dealkylation sites (N-methyl/N-ethyl adjacent to an activating group) is 1. The Morgan fingerprint density at radius 1 is 0.439 bits per heavy atom. The van der Waals surface area contributed by atoms with Gasteiger partial charge in [-0.15, -0.1) is 0 Å². The Bertz CT molecular complexity index is 1720. The molecule has 0 spiro atoms. The number of amides is 1. The van der Waals surface area contributed by atoms with Crippen LogP contribution in [-0.4, -0.2) is 69.4 Å². The molecule has 0 aliphatic rings. The van der Waals surface area contributed by atoms with Crippen LogP contribution in [0.5, 0.6) is 0 Å². The minimum absolute atomic E-state index is 0.0283. The Labute approximate surface area is 507 Å². The third kappa shape index (κ3) is 61.5. The Kier molecular flexibility index (Phi) is 58.7. The van der Waals surface area contributed by atoms with Crippen LogP contribution < -0.4 is 10.2 Å². The van der Waals surface area contributed by atoms with Crippen LogP contribution in [0.25, 0.3) is 0 Å². The summed E-state index contributed by atoms with van der Waals surface area (Å²) in [6, 6.07) is -0.900. The zero-order chi connectivity index (χ0) is 60.0. The molecule has 0 heterocycles. The number of esters is 1. The third-order valence-electron chi connectivity index (χ3n) is 14.7. The molecule has 0 bridgehead atoms. The molecular formula is C72H129N2O7P. The summed E-state index contributed by atoms with van der Waals surface area (Å²) in [7, 11) is 1.17. The molecule has 0 aromatic carbocycles. The van der Waals surface area contributed by atoms with E-state index in [1.54, 1.807) is 0 Å². The molecule has 474 valence electrons. The van der Waals surface area contributed by atoms with E-state index in [1.165, 1.54) is 141 Å². The number of carbonyl (C=O) groups excluding carboxylic acids is 2. The largest absolute Gasteiger partial charge is 0.756 e. The summed E-state index contributed by atoms with van der Waals surface area (Å²) in [4.78, 5) is 40.1. The monoisotopic (exact) mass is 1160 g/mol. The molecule has 0 fully saturated rings. The van der Waals surface area contributed by atoms with Gasteiger partial charge in [-0.05, 0) is 109 Å². The van der Waals surface area contributed by atoms with Crippen molar-refractivity contribution in [3.05, 3.63) is 97.2 Å². The lowest BCUT2D eigenvalue weighted by molar-refractivity contribution is -0.870. The third-order valence-corrected chi connectivity index (χ3v) is 15.7. The predicted octanol–water partition coefficient (Wildman–Crippen LogP) is 20.9. The molecule has 82 heavy (non-hydrogen) atoms. The topological polar surface area (TPSA) is 114 Å². The SMILES string of the molecule is CC/C=C\C/C=C\C/C=C\C/C=C\C/C=C\C/C=C\CCCCCCCCCCC(=O)NC(COP(=O)([O-])OCC[N+](C)(C)C)C(/C=C\CCCCCCCCCCCC)OC(=O)CCCCCCCCC/C=C/CCCCCCCC. The van der Waals surface area contributed by atoms with Crippen molar-refractivity contribution in [1.82, 2.24) is 5.32 Å². The van der Waals surface area contributed by atoms with Crippen LogP contribution in [-0.2, 0) is 27.9 Å². The number of allylic oxidation sites excluding steroid dienone is 15. The van der Waals surface area contributed by atoms with Gasteiger partial charge in [0, 0.05) is 12.8 Å². The Hall–Kier alpha value is -3.07. The van der Waals surface area contributed by atoms with Gasteiger partial charge in [-0.25, -0.2) is 0 Å². The second kappa shape index (κ2) is 61.0. The number of hydrogen-bond donors (Lipinski definition) is 1. The predicted molar refractivity (Wildman–Crippen MR) is 353 cm³/mol. The van der Waals surface area contributed by atoms with Gasteiger partial charge < -0.3 is 28.5 Å². The zero-order valence-electron chi connectivity index (χ0n) is 54.2. The fourth-order valence-electron chi connectivity index (χ4n) is 9.52. The maximum atomic E-state index is 13.6. The lowest BCUT2D eigenvalue weighted by atomic mass is 10.0. The molecule has 0 rings (SSSR count). The molecule has 9 nitrogen and oxygen atoms in total. The molecule has 1 amide bonds. The highest BCUT2D eigenvalue weighted by molar-refractivity contribution is 7.45. The Morgan fingerprint density at radius 3 is 1.18 bits per heavy atom. The van der Waals surface area contributed by atoms with Crippen LogP contribution in [0.1, 0.15) is 297 Å². The minimum Gasteiger partial charge on any atom is -0.756 e. The van der Waals surface area contributed by atoms with Crippen LogP contribution >= 0.6 is 7.82 Å². The highest BCUT2D eigenvalue weighted by Crippen LogP contribution is 2.38. The van der Waals surface area contributed by atoms with E-state index < -0.39 is 26.6 Å². The van der Waals surface area contributed by atoms with Crippen LogP contribution in [0.15, 0.2) is 97.2 Å². The van der Waals surface area contributed by atoms with Gasteiger partial charge in [0.15, 0.2) is 0 Å². The second-order valence-corrected chi connectivity index (χ2v) is 25.4. The van der Waals surface area contributed by atoms with Crippen molar-refractivity contribution in [2.45, 2.75) is 309 Å². The number of phosphoric acid groups is 1. The first-order valence-corrected chi connectivity index (χ1v) is 35.5. The molecule has 1 N–H and O–H groups in total. The van der Waals surface area contributed by atoms with Gasteiger partial charge in [-0.1, -0.05) is 272 Å². The molecule has 10 heteroatoms. The number of nitrogens with zero attached hydrogens (tertiary/aromatic N) is 1. The molecular weight excluding hydrogens is 1040 g/mol. The van der Waals surface area contributed by atoms with Crippen LogP contribution in [0.3, 0.4) is 0 Å². The smallest absolute Gasteiger partial charge is 0.306 e. The molecule has 0 aromatic rings. The molecule has 0 saturated heterocycles. The van der Waals surface area contributed by atoms with Gasteiger partial charge >= 0.3 is 5.97 Å². The van der Waals surface area contributed by atoms with Crippen molar-refractivity contribution in [3.63, 3.8) is 0 Å². The van der Waals surface area contributed by atoms with Gasteiger partial charge in [0.2, 0.25) is 5.91 Å². The number of ether oxygens (including phenoxy) is 1. The first-order valence-electron chi connectivity index (χ1n) is 34.0. The highest BCUT2D eigenvalue weighted by Gasteiger charge is 2.27. The Morgan fingerprint density at radius 2 is 0.780 bits per heavy atom. The van der Waals surface area contributed by atoms with Gasteiger partial charge in [0.1, 0.15) is 19.3 Å². The summed E-state index contributed by atoms with van der Waals surface area (Å²) < 4.78 is 30.4. The van der Waals surface area contributed by atoms with Crippen molar-refractivity contribution >= 4 is 19.7 Å². The zero-order valence-corrected chi connectivity index (χ0v) is 55.1. The van der Waals surface area contributed by atoms with E-state index in [2.05, 4.69) is 111 Å². The fourth-order valence-corrected chi connectivity index (χ4v) is 10.2. The molecule has 3 atom stereocenters. The van der Waals surface area contributed by atoms with Crippen LogP contribution in [0.4, 0.5) is 0 Å². The van der Waals surface area contributed by atoms with E-state index in [0.29, 0.717) is 17.4 Å². The summed E-state index contributed by atoms with van der Waals surface area (Å²) in [6.07, 6.45) is 82.3. The number of nitrogens with one attached hydrogen (secondary N) is 1. The van der Waals surface area contributed by atoms with Crippen molar-refractivity contribution in [1.29, 1.82) is 0 Å². The molecule has 0 radical (unpaired) electrons. The first-order chi connectivity index (χ1) is 39.9. The van der Waals surface area contributed by atoms with Gasteiger partial charge in [-0.3, -0.25) is 14.2 Å². The van der Waals surface area contributed by atoms with E-state index in [4.69, 9.17) is 13.8 Å². The summed E-state index contributed by atoms with van der Waals surface area (Å²) in [5, 5.41) is 3.03. The molecule has 0 aliphatic heterocycles. The van der Waals surface area contributed by atoms with E-state index in [9.17, 15) is 19.0 Å². The second-order valence-electron chi connectivity index (χ2n) is 23.9. The van der Waals surface area contributed by atoms with Crippen molar-refractivity contribution in [2.75, 3.05) is 40.9 Å². The summed E-state index contributed by atoms with van der Waals surface area (Å²) in [5.41, 5.74) is 0. The average molecular weight is 1170 g/mol.